The van der Waals surface area contributed by atoms with Crippen molar-refractivity contribution in [2.24, 2.45) is 0 Å². The predicted octanol–water partition coefficient (Wildman–Crippen LogP) is 4.03. The van der Waals surface area contributed by atoms with Gasteiger partial charge in [-0.2, -0.15) is 12.0 Å². The largest absolute Gasteiger partial charge is 0.410 e. The molecule has 18 heavy (non-hydrogen) atoms. The first kappa shape index (κ1) is 18.2. The molecule has 0 aliphatic heterocycles. The van der Waals surface area contributed by atoms with E-state index in [9.17, 15) is 8.42 Å². The minimum absolute atomic E-state index is 0.180. The molecule has 0 saturated heterocycles. The van der Waals surface area contributed by atoms with Crippen LogP contribution in [0.2, 0.25) is 0 Å². The monoisotopic (exact) mass is 298 g/mol. The SMILES string of the molecule is CCCCCCCCCCCCOS(=O)(=O)OS. The zero-order valence-electron chi connectivity index (χ0n) is 11.3. The van der Waals surface area contributed by atoms with Crippen molar-refractivity contribution in [2.45, 2.75) is 71.1 Å². The summed E-state index contributed by atoms with van der Waals surface area (Å²) < 4.78 is 29.9. The molecule has 6 heteroatoms. The van der Waals surface area contributed by atoms with Crippen molar-refractivity contribution in [3.8, 4) is 0 Å². The highest BCUT2D eigenvalue weighted by Gasteiger charge is 2.08. The zero-order valence-corrected chi connectivity index (χ0v) is 13.0. The number of hydrogen-bond acceptors (Lipinski definition) is 5. The molecule has 0 aliphatic rings. The van der Waals surface area contributed by atoms with Gasteiger partial charge in [0.15, 0.2) is 0 Å². The van der Waals surface area contributed by atoms with E-state index in [-0.39, 0.29) is 6.61 Å². The van der Waals surface area contributed by atoms with Crippen LogP contribution in [0.4, 0.5) is 0 Å². The normalized spacial score (nSPS) is 11.9. The highest BCUT2D eigenvalue weighted by molar-refractivity contribution is 7.92. The molecule has 0 aliphatic carbocycles. The molecule has 0 aromatic carbocycles. The molecule has 110 valence electrons. The Labute approximate surface area is 117 Å². The van der Waals surface area contributed by atoms with Gasteiger partial charge in [-0.05, 0) is 19.3 Å². The van der Waals surface area contributed by atoms with Gasteiger partial charge in [0.25, 0.3) is 0 Å². The topological polar surface area (TPSA) is 52.6 Å². The number of rotatable bonds is 13. The lowest BCUT2D eigenvalue weighted by atomic mass is 10.1. The summed E-state index contributed by atoms with van der Waals surface area (Å²) in [6, 6.07) is 0. The summed E-state index contributed by atoms with van der Waals surface area (Å²) in [6.45, 7) is 2.40. The van der Waals surface area contributed by atoms with Gasteiger partial charge in [-0.3, -0.25) is 0 Å². The minimum atomic E-state index is -3.87. The van der Waals surface area contributed by atoms with E-state index in [1.807, 2.05) is 0 Å². The number of hydrogen-bond donors (Lipinski definition) is 1. The van der Waals surface area contributed by atoms with Crippen LogP contribution >= 0.6 is 12.9 Å². The fraction of sp³-hybridized carbons (Fsp3) is 1.00. The lowest BCUT2D eigenvalue weighted by molar-refractivity contribution is 0.274. The fourth-order valence-electron chi connectivity index (χ4n) is 1.77. The van der Waals surface area contributed by atoms with Crippen molar-refractivity contribution in [3.63, 3.8) is 0 Å². The van der Waals surface area contributed by atoms with Crippen molar-refractivity contribution in [2.75, 3.05) is 6.61 Å². The van der Waals surface area contributed by atoms with Crippen LogP contribution in [0.1, 0.15) is 71.1 Å². The van der Waals surface area contributed by atoms with E-state index in [2.05, 4.69) is 27.6 Å². The maximum absolute atomic E-state index is 10.7. The Morgan fingerprint density at radius 3 is 1.72 bits per heavy atom. The maximum Gasteiger partial charge on any atom is 0.410 e. The second kappa shape index (κ2) is 12.3. The van der Waals surface area contributed by atoms with E-state index in [1.54, 1.807) is 0 Å². The van der Waals surface area contributed by atoms with Crippen LogP contribution < -0.4 is 0 Å². The third kappa shape index (κ3) is 12.7. The van der Waals surface area contributed by atoms with Crippen LogP contribution in [-0.2, 0) is 18.2 Å². The quantitative estimate of drug-likeness (QED) is 0.317. The van der Waals surface area contributed by atoms with Gasteiger partial charge in [0, 0.05) is 0 Å². The lowest BCUT2D eigenvalue weighted by Crippen LogP contribution is -2.06. The average molecular weight is 298 g/mol. The Morgan fingerprint density at radius 2 is 1.28 bits per heavy atom. The van der Waals surface area contributed by atoms with Gasteiger partial charge in [0.1, 0.15) is 0 Å². The van der Waals surface area contributed by atoms with Crippen molar-refractivity contribution < 1.29 is 16.2 Å². The van der Waals surface area contributed by atoms with Gasteiger partial charge >= 0.3 is 10.4 Å². The van der Waals surface area contributed by atoms with Crippen LogP contribution in [0.15, 0.2) is 0 Å². The second-order valence-corrected chi connectivity index (χ2v) is 6.14. The standard InChI is InChI=1S/C12H26O4S2/c1-2-3-4-5-6-7-8-9-10-11-12-15-18(13,14)16-17/h17H,2-12H2,1H3. The molecule has 4 nitrogen and oxygen atoms in total. The summed E-state index contributed by atoms with van der Waals surface area (Å²) in [4.78, 5) is 0. The summed E-state index contributed by atoms with van der Waals surface area (Å²) in [6.07, 6.45) is 12.0. The average Bonchev–Trinajstić information content (AvgIpc) is 2.36. The third-order valence-electron chi connectivity index (χ3n) is 2.82. The Bertz CT molecular complexity index is 265. The third-order valence-corrected chi connectivity index (χ3v) is 4.00. The fourth-order valence-corrected chi connectivity index (χ4v) is 2.27. The van der Waals surface area contributed by atoms with Gasteiger partial charge in [-0.15, -0.1) is 0 Å². The van der Waals surface area contributed by atoms with Gasteiger partial charge in [-0.1, -0.05) is 64.7 Å². The molecule has 0 amide bonds. The maximum atomic E-state index is 10.7. The molecule has 0 rings (SSSR count). The number of unbranched alkanes of at least 4 members (excludes halogenated alkanes) is 9. The summed E-state index contributed by atoms with van der Waals surface area (Å²) in [7, 11) is -3.87. The van der Waals surface area contributed by atoms with E-state index in [0.29, 0.717) is 0 Å². The second-order valence-electron chi connectivity index (χ2n) is 4.49. The van der Waals surface area contributed by atoms with E-state index in [0.717, 1.165) is 19.3 Å². The molecule has 0 saturated carbocycles. The van der Waals surface area contributed by atoms with Gasteiger partial charge in [-0.25, -0.2) is 4.18 Å². The Kier molecular flexibility index (Phi) is 12.4. The van der Waals surface area contributed by atoms with E-state index >= 15 is 0 Å². The lowest BCUT2D eigenvalue weighted by Gasteiger charge is -2.03. The molecule has 0 atom stereocenters. The molecule has 0 fully saturated rings. The molecule has 0 spiro atoms. The first-order valence-corrected chi connectivity index (χ1v) is 8.54. The summed E-state index contributed by atoms with van der Waals surface area (Å²) in [5.74, 6) is 0. The van der Waals surface area contributed by atoms with Crippen LogP contribution in [0.3, 0.4) is 0 Å². The summed E-state index contributed by atoms with van der Waals surface area (Å²) >= 11 is 3.19. The van der Waals surface area contributed by atoms with Crippen LogP contribution in [0, 0.1) is 0 Å². The van der Waals surface area contributed by atoms with Crippen molar-refractivity contribution in [1.29, 1.82) is 0 Å². The van der Waals surface area contributed by atoms with Crippen molar-refractivity contribution in [1.82, 2.24) is 0 Å². The van der Waals surface area contributed by atoms with Crippen LogP contribution in [0.25, 0.3) is 0 Å². The smallest absolute Gasteiger partial charge is 0.248 e. The van der Waals surface area contributed by atoms with Crippen molar-refractivity contribution in [3.05, 3.63) is 0 Å². The van der Waals surface area contributed by atoms with Crippen molar-refractivity contribution >= 4 is 23.3 Å². The Morgan fingerprint density at radius 1 is 0.833 bits per heavy atom. The Balaban J connectivity index is 3.12. The molecule has 0 aromatic rings. The van der Waals surface area contributed by atoms with Crippen LogP contribution in [0.5, 0.6) is 0 Å². The van der Waals surface area contributed by atoms with E-state index < -0.39 is 10.4 Å². The first-order chi connectivity index (χ1) is 8.62. The zero-order chi connectivity index (χ0) is 13.7. The molecule has 0 radical (unpaired) electrons. The van der Waals surface area contributed by atoms with Gasteiger partial charge in [0.2, 0.25) is 0 Å². The van der Waals surface area contributed by atoms with Gasteiger partial charge in [0.05, 0.1) is 6.61 Å². The summed E-state index contributed by atoms with van der Waals surface area (Å²) in [5.41, 5.74) is 0. The molecule has 0 bridgehead atoms. The molecular formula is C12H26O4S2. The summed E-state index contributed by atoms with van der Waals surface area (Å²) in [5, 5.41) is 0. The highest BCUT2D eigenvalue weighted by atomic mass is 32.3. The van der Waals surface area contributed by atoms with E-state index in [1.165, 1.54) is 44.9 Å². The van der Waals surface area contributed by atoms with Crippen LogP contribution in [-0.4, -0.2) is 15.0 Å². The van der Waals surface area contributed by atoms with E-state index in [4.69, 9.17) is 0 Å². The highest BCUT2D eigenvalue weighted by Crippen LogP contribution is 2.10. The Hall–Kier alpha value is 0.220. The number of thiol groups is 1. The minimum Gasteiger partial charge on any atom is -0.248 e. The molecule has 0 heterocycles. The molecular weight excluding hydrogens is 272 g/mol. The molecule has 0 unspecified atom stereocenters. The van der Waals surface area contributed by atoms with Gasteiger partial charge < -0.3 is 0 Å². The molecule has 0 aromatic heterocycles. The first-order valence-electron chi connectivity index (χ1n) is 6.85. The predicted molar refractivity (Wildman–Crippen MR) is 76.8 cm³/mol. The molecule has 0 N–H and O–H groups in total.